The predicted molar refractivity (Wildman–Crippen MR) is 146 cm³/mol. The molecule has 0 spiro atoms. The smallest absolute Gasteiger partial charge is 0.406 e. The van der Waals surface area contributed by atoms with Crippen molar-refractivity contribution in [1.29, 1.82) is 0 Å². The van der Waals surface area contributed by atoms with Crippen LogP contribution in [0.25, 0.3) is 0 Å². The molecule has 0 saturated carbocycles. The minimum absolute atomic E-state index is 0.102. The van der Waals surface area contributed by atoms with Gasteiger partial charge in [0.15, 0.2) is 15.7 Å². The number of carbonyl (C=O) groups is 2. The van der Waals surface area contributed by atoms with Crippen molar-refractivity contribution in [2.45, 2.75) is 76.5 Å². The summed E-state index contributed by atoms with van der Waals surface area (Å²) in [7, 11) is -4.27. The number of nitrogens with one attached hydrogen (secondary N) is 2. The third kappa shape index (κ3) is 9.40. The topological polar surface area (TPSA) is 175 Å². The van der Waals surface area contributed by atoms with Crippen molar-refractivity contribution in [3.63, 3.8) is 0 Å². The standard InChI is InChI=1S/C22H34Cl2N3O10PS/c1-12(2)36-17(30)13(3)26-38(33,34-9-10-39-19(31)21(4,5)6)35-11-14-16(29)22(23,24)18(37-14)27-8-7-15(28)25-20(27)32/h7-8,12-14,16,18,29H,9-11H2,1-6H3,(H,26,33)(H,25,28,32)/t13?,14-,16-,18-,38?/m1/s1. The normalized spacial score (nSPS) is 23.4. The Labute approximate surface area is 239 Å². The summed E-state index contributed by atoms with van der Waals surface area (Å²) in [4.78, 5) is 50.1. The first-order chi connectivity index (χ1) is 17.9. The quantitative estimate of drug-likeness (QED) is 0.133. The Bertz CT molecular complexity index is 1190. The van der Waals surface area contributed by atoms with Crippen molar-refractivity contribution in [2.24, 2.45) is 5.41 Å². The zero-order chi connectivity index (χ0) is 29.8. The molecule has 5 atom stereocenters. The van der Waals surface area contributed by atoms with Gasteiger partial charge in [0.25, 0.3) is 5.56 Å². The lowest BCUT2D eigenvalue weighted by atomic mass is 10.00. The summed E-state index contributed by atoms with van der Waals surface area (Å²) in [6, 6.07) is -0.0827. The molecular weight excluding hydrogens is 600 g/mol. The second-order valence-electron chi connectivity index (χ2n) is 10.0. The molecule has 0 amide bonds. The highest BCUT2D eigenvalue weighted by Crippen LogP contribution is 2.49. The second kappa shape index (κ2) is 13.6. The van der Waals surface area contributed by atoms with E-state index in [2.05, 4.69) is 5.09 Å². The van der Waals surface area contributed by atoms with Gasteiger partial charge < -0.3 is 14.6 Å². The van der Waals surface area contributed by atoms with Crippen molar-refractivity contribution in [3.05, 3.63) is 33.1 Å². The molecule has 1 aliphatic heterocycles. The number of nitrogens with zero attached hydrogens (tertiary/aromatic N) is 1. The first kappa shape index (κ1) is 34.0. The lowest BCUT2D eigenvalue weighted by Gasteiger charge is -2.25. The highest BCUT2D eigenvalue weighted by atomic mass is 35.5. The van der Waals surface area contributed by atoms with E-state index in [0.29, 0.717) is 0 Å². The molecule has 1 saturated heterocycles. The number of carbonyl (C=O) groups excluding carboxylic acids is 2. The molecule has 2 heterocycles. The Kier molecular flexibility index (Phi) is 11.9. The number of aromatic amines is 1. The number of rotatable bonds is 12. The maximum absolute atomic E-state index is 13.6. The van der Waals surface area contributed by atoms with Crippen LogP contribution in [0.4, 0.5) is 0 Å². The Hall–Kier alpha value is -1.22. The molecule has 2 unspecified atom stereocenters. The third-order valence-electron chi connectivity index (χ3n) is 5.14. The van der Waals surface area contributed by atoms with Crippen molar-refractivity contribution in [2.75, 3.05) is 19.0 Å². The summed E-state index contributed by atoms with van der Waals surface area (Å²) in [6.45, 7) is 9.18. The monoisotopic (exact) mass is 633 g/mol. The van der Waals surface area contributed by atoms with Gasteiger partial charge in [-0.15, -0.1) is 0 Å². The SMILES string of the molecule is CC(C)OC(=O)C(C)NP(=O)(OCCSC(=O)C(C)(C)C)OC[C@H]1O[C@@H](n2ccc(=O)[nH]c2=O)C(Cl)(Cl)[C@@H]1O. The molecule has 39 heavy (non-hydrogen) atoms. The first-order valence-corrected chi connectivity index (χ1v) is 15.2. The summed E-state index contributed by atoms with van der Waals surface area (Å²) >= 11 is 13.6. The van der Waals surface area contributed by atoms with Crippen LogP contribution in [-0.2, 0) is 32.7 Å². The molecule has 17 heteroatoms. The van der Waals surface area contributed by atoms with Crippen molar-refractivity contribution < 1.29 is 37.8 Å². The van der Waals surface area contributed by atoms with Crippen LogP contribution in [0.1, 0.15) is 47.8 Å². The van der Waals surface area contributed by atoms with Crippen LogP contribution in [0.5, 0.6) is 0 Å². The van der Waals surface area contributed by atoms with Gasteiger partial charge in [-0.1, -0.05) is 55.7 Å². The Morgan fingerprint density at radius 3 is 2.49 bits per heavy atom. The zero-order valence-electron chi connectivity index (χ0n) is 22.3. The maximum atomic E-state index is 13.6. The number of alkyl halides is 2. The fourth-order valence-electron chi connectivity index (χ4n) is 3.13. The molecule has 13 nitrogen and oxygen atoms in total. The number of H-pyrrole nitrogens is 1. The number of hydrogen-bond donors (Lipinski definition) is 3. The van der Waals surface area contributed by atoms with E-state index in [9.17, 15) is 28.8 Å². The van der Waals surface area contributed by atoms with E-state index in [1.807, 2.05) is 4.98 Å². The zero-order valence-corrected chi connectivity index (χ0v) is 25.6. The van der Waals surface area contributed by atoms with E-state index >= 15 is 0 Å². The third-order valence-corrected chi connectivity index (χ3v) is 8.92. The number of ether oxygens (including phenoxy) is 2. The van der Waals surface area contributed by atoms with Crippen LogP contribution in [0.2, 0.25) is 0 Å². The van der Waals surface area contributed by atoms with Crippen molar-refractivity contribution >= 4 is 53.8 Å². The minimum atomic E-state index is -4.27. The lowest BCUT2D eigenvalue weighted by Crippen LogP contribution is -2.41. The molecule has 1 aromatic rings. The van der Waals surface area contributed by atoms with Crippen LogP contribution < -0.4 is 16.3 Å². The van der Waals surface area contributed by atoms with Gasteiger partial charge in [0.05, 0.1) is 19.3 Å². The molecule has 0 radical (unpaired) electrons. The number of aromatic nitrogens is 2. The van der Waals surface area contributed by atoms with Gasteiger partial charge in [-0.2, -0.15) is 0 Å². The van der Waals surface area contributed by atoms with E-state index in [0.717, 1.165) is 28.6 Å². The molecule has 0 aromatic carbocycles. The summed E-state index contributed by atoms with van der Waals surface area (Å²) in [5.41, 5.74) is -2.14. The molecule has 1 aliphatic rings. The van der Waals surface area contributed by atoms with Gasteiger partial charge in [0.1, 0.15) is 18.2 Å². The van der Waals surface area contributed by atoms with Crippen molar-refractivity contribution in [3.8, 4) is 0 Å². The number of aliphatic hydroxyl groups is 1. The first-order valence-electron chi connectivity index (χ1n) is 11.9. The van der Waals surface area contributed by atoms with E-state index in [4.69, 9.17) is 41.7 Å². The van der Waals surface area contributed by atoms with Crippen LogP contribution in [-0.4, -0.2) is 73.4 Å². The van der Waals surface area contributed by atoms with Crippen molar-refractivity contribution in [1.82, 2.24) is 14.6 Å². The summed E-state index contributed by atoms with van der Waals surface area (Å²) in [5, 5.41) is 13.1. The second-order valence-corrected chi connectivity index (χ2v) is 14.3. The van der Waals surface area contributed by atoms with E-state index < -0.39 is 71.9 Å². The predicted octanol–water partition coefficient (Wildman–Crippen LogP) is 2.35. The molecule has 0 bridgehead atoms. The highest BCUT2D eigenvalue weighted by Gasteiger charge is 2.56. The molecule has 3 N–H and O–H groups in total. The maximum Gasteiger partial charge on any atom is 0.406 e. The number of halogens is 2. The number of aliphatic hydroxyl groups excluding tert-OH is 1. The Morgan fingerprint density at radius 1 is 1.28 bits per heavy atom. The van der Waals surface area contributed by atoms with Gasteiger partial charge in [0.2, 0.25) is 0 Å². The minimum Gasteiger partial charge on any atom is -0.462 e. The van der Waals surface area contributed by atoms with Crippen LogP contribution >= 0.6 is 42.7 Å². The molecule has 1 aromatic heterocycles. The van der Waals surface area contributed by atoms with Gasteiger partial charge in [0, 0.05) is 23.4 Å². The van der Waals surface area contributed by atoms with Crippen LogP contribution in [0, 0.1) is 5.41 Å². The molecule has 222 valence electrons. The van der Waals surface area contributed by atoms with E-state index in [1.54, 1.807) is 34.6 Å². The van der Waals surface area contributed by atoms with Gasteiger partial charge in [-0.3, -0.25) is 33.0 Å². The van der Waals surface area contributed by atoms with Crippen LogP contribution in [0.15, 0.2) is 21.9 Å². The molecule has 0 aliphatic carbocycles. The lowest BCUT2D eigenvalue weighted by molar-refractivity contribution is -0.149. The van der Waals surface area contributed by atoms with E-state index in [-0.39, 0.29) is 17.5 Å². The number of esters is 1. The number of thioether (sulfide) groups is 1. The number of hydrogen-bond acceptors (Lipinski definition) is 11. The van der Waals surface area contributed by atoms with E-state index in [1.165, 1.54) is 6.92 Å². The molecule has 1 fully saturated rings. The van der Waals surface area contributed by atoms with Gasteiger partial charge in [-0.05, 0) is 20.8 Å². The largest absolute Gasteiger partial charge is 0.462 e. The Morgan fingerprint density at radius 2 is 1.92 bits per heavy atom. The summed E-state index contributed by atoms with van der Waals surface area (Å²) in [6.07, 6.45) is -3.73. The van der Waals surface area contributed by atoms with Gasteiger partial charge in [-0.25, -0.2) is 14.4 Å². The molecular formula is C22H34Cl2N3O10PS. The fraction of sp³-hybridized carbons (Fsp3) is 0.727. The summed E-state index contributed by atoms with van der Waals surface area (Å²) in [5.74, 6) is -0.577. The van der Waals surface area contributed by atoms with Gasteiger partial charge >= 0.3 is 19.4 Å². The highest BCUT2D eigenvalue weighted by molar-refractivity contribution is 8.13. The molecule has 2 rings (SSSR count). The fourth-order valence-corrected chi connectivity index (χ4v) is 6.11. The Balaban J connectivity index is 2.16. The summed E-state index contributed by atoms with van der Waals surface area (Å²) < 4.78 is 34.1. The van der Waals surface area contributed by atoms with Crippen LogP contribution in [0.3, 0.4) is 0 Å². The average Bonchev–Trinajstić information content (AvgIpc) is 3.03. The average molecular weight is 634 g/mol.